The van der Waals surface area contributed by atoms with Gasteiger partial charge in [0.1, 0.15) is 5.78 Å². The second kappa shape index (κ2) is 16.8. The number of unbranched alkanes of at least 4 members (excludes halogenated alkanes) is 1. The van der Waals surface area contributed by atoms with E-state index in [2.05, 4.69) is 110 Å². The van der Waals surface area contributed by atoms with Crippen LogP contribution in [0.5, 0.6) is 0 Å². The number of allylic oxidation sites excluding steroid dienone is 2. The van der Waals surface area contributed by atoms with Crippen molar-refractivity contribution in [3.63, 3.8) is 0 Å². The predicted molar refractivity (Wildman–Crippen MR) is 191 cm³/mol. The van der Waals surface area contributed by atoms with E-state index in [0.29, 0.717) is 32.3 Å². The molecule has 0 bridgehead atoms. The summed E-state index contributed by atoms with van der Waals surface area (Å²) in [4.78, 5) is 24.4. The van der Waals surface area contributed by atoms with E-state index in [0.717, 1.165) is 12.8 Å². The van der Waals surface area contributed by atoms with Crippen molar-refractivity contribution in [2.45, 2.75) is 142 Å². The zero-order chi connectivity index (χ0) is 34.1. The van der Waals surface area contributed by atoms with Gasteiger partial charge in [0, 0.05) is 31.8 Å². The van der Waals surface area contributed by atoms with Crippen molar-refractivity contribution in [3.8, 4) is 0 Å². The van der Waals surface area contributed by atoms with Crippen LogP contribution in [-0.4, -0.2) is 52.8 Å². The molecule has 0 amide bonds. The largest absolute Gasteiger partial charge is 0.481 e. The molecule has 0 spiro atoms. The highest BCUT2D eigenvalue weighted by molar-refractivity contribution is 6.74. The van der Waals surface area contributed by atoms with E-state index in [-0.39, 0.29) is 46.3 Å². The molecule has 45 heavy (non-hydrogen) atoms. The Morgan fingerprint density at radius 2 is 1.67 bits per heavy atom. The van der Waals surface area contributed by atoms with Crippen molar-refractivity contribution < 1.29 is 28.3 Å². The van der Waals surface area contributed by atoms with Crippen LogP contribution in [-0.2, 0) is 36.2 Å². The van der Waals surface area contributed by atoms with Crippen LogP contribution in [0.25, 0.3) is 0 Å². The number of carboxylic acid groups (broad SMARTS) is 1. The lowest BCUT2D eigenvalue weighted by molar-refractivity contribution is -0.137. The maximum Gasteiger partial charge on any atom is 0.303 e. The van der Waals surface area contributed by atoms with Gasteiger partial charge in [0.05, 0.1) is 18.8 Å². The summed E-state index contributed by atoms with van der Waals surface area (Å²) >= 11 is 0. The van der Waals surface area contributed by atoms with Gasteiger partial charge in [-0.25, -0.2) is 0 Å². The van der Waals surface area contributed by atoms with E-state index >= 15 is 0 Å². The minimum Gasteiger partial charge on any atom is -0.481 e. The van der Waals surface area contributed by atoms with Gasteiger partial charge >= 0.3 is 5.97 Å². The van der Waals surface area contributed by atoms with Crippen molar-refractivity contribution in [1.29, 1.82) is 0 Å². The lowest BCUT2D eigenvalue weighted by Crippen LogP contribution is -2.45. The first-order chi connectivity index (χ1) is 20.8. The quantitative estimate of drug-likeness (QED) is 0.102. The Kier molecular flexibility index (Phi) is 14.7. The number of carbonyl (C=O) groups excluding carboxylic acids is 1. The van der Waals surface area contributed by atoms with Crippen LogP contribution in [0, 0.1) is 11.8 Å². The molecule has 1 aliphatic carbocycles. The second-order valence-corrected chi connectivity index (χ2v) is 25.4. The van der Waals surface area contributed by atoms with E-state index in [1.54, 1.807) is 7.11 Å². The summed E-state index contributed by atoms with van der Waals surface area (Å²) < 4.78 is 19.3. The van der Waals surface area contributed by atoms with Crippen LogP contribution >= 0.6 is 0 Å². The molecule has 6 nitrogen and oxygen atoms in total. The third kappa shape index (κ3) is 12.4. The molecule has 0 aliphatic heterocycles. The van der Waals surface area contributed by atoms with Gasteiger partial charge in [-0.05, 0) is 79.5 Å². The lowest BCUT2D eigenvalue weighted by atomic mass is 9.90. The van der Waals surface area contributed by atoms with Crippen LogP contribution in [0.3, 0.4) is 0 Å². The molecular formula is C37H62O6Si2. The first kappa shape index (κ1) is 39.3. The molecule has 1 aromatic rings. The molecule has 254 valence electrons. The predicted octanol–water partition coefficient (Wildman–Crippen LogP) is 9.51. The van der Waals surface area contributed by atoms with E-state index < -0.39 is 22.6 Å². The maximum atomic E-state index is 13.5. The highest BCUT2D eigenvalue weighted by atomic mass is 28.4. The number of ether oxygens (including phenoxy) is 1. The summed E-state index contributed by atoms with van der Waals surface area (Å²) in [5.74, 6) is -0.723. The Balaban J connectivity index is 2.38. The molecule has 0 aromatic heterocycles. The zero-order valence-corrected chi connectivity index (χ0v) is 32.1. The van der Waals surface area contributed by atoms with Gasteiger partial charge < -0.3 is 18.7 Å². The number of methoxy groups -OCH3 is 1. The van der Waals surface area contributed by atoms with Crippen molar-refractivity contribution >= 4 is 28.4 Å². The molecule has 1 aromatic carbocycles. The molecule has 2 rings (SSSR count). The number of Topliss-reactive ketones (excluding diaryl/α,β-unsaturated/α-hetero) is 1. The van der Waals surface area contributed by atoms with Gasteiger partial charge in [-0.2, -0.15) is 0 Å². The Morgan fingerprint density at radius 1 is 1.02 bits per heavy atom. The van der Waals surface area contributed by atoms with Crippen LogP contribution in [0.15, 0.2) is 48.6 Å². The van der Waals surface area contributed by atoms with Crippen LogP contribution in [0.1, 0.15) is 91.2 Å². The Hall–Kier alpha value is -1.85. The van der Waals surface area contributed by atoms with E-state index in [4.69, 9.17) is 18.7 Å². The topological polar surface area (TPSA) is 82.1 Å². The fourth-order valence-corrected chi connectivity index (χ4v) is 7.92. The molecule has 0 radical (unpaired) electrons. The van der Waals surface area contributed by atoms with E-state index in [1.807, 2.05) is 6.08 Å². The highest BCUT2D eigenvalue weighted by Gasteiger charge is 2.47. The molecule has 4 atom stereocenters. The van der Waals surface area contributed by atoms with Crippen LogP contribution in [0.4, 0.5) is 0 Å². The number of ketones is 1. The lowest BCUT2D eigenvalue weighted by Gasteiger charge is -2.40. The summed E-state index contributed by atoms with van der Waals surface area (Å²) in [6.07, 6.45) is 12.6. The standard InChI is InChI=1S/C37H62O6Si2/c1-36(2,3)44(8,9)42-30(22-21-28-17-16-18-29(25-28)27-41-7)23-24-32-31(19-14-12-13-15-20-35(39)40)33(38)26-34(32)43-45(10,11)37(4,5)6/h12,14,16-18,23-25,30-32,34H,13,15,19-22,26-27H2,1-11H3,(H,39,40)/t30-,31+,32+,34+/m0/s1. The molecule has 0 saturated heterocycles. The number of carboxylic acids is 1. The molecule has 1 N–H and O–H groups in total. The smallest absolute Gasteiger partial charge is 0.303 e. The highest BCUT2D eigenvalue weighted by Crippen LogP contribution is 2.43. The summed E-state index contributed by atoms with van der Waals surface area (Å²) in [7, 11) is -2.47. The van der Waals surface area contributed by atoms with Gasteiger partial charge in [0.15, 0.2) is 16.6 Å². The van der Waals surface area contributed by atoms with Gasteiger partial charge in [-0.15, -0.1) is 0 Å². The average Bonchev–Trinajstić information content (AvgIpc) is 3.19. The van der Waals surface area contributed by atoms with Gasteiger partial charge in [-0.1, -0.05) is 90.1 Å². The summed E-state index contributed by atoms with van der Waals surface area (Å²) in [5, 5.41) is 9.06. The monoisotopic (exact) mass is 658 g/mol. The number of aryl methyl sites for hydroxylation is 1. The van der Waals surface area contributed by atoms with Crippen molar-refractivity contribution in [1.82, 2.24) is 0 Å². The fraction of sp³-hybridized carbons (Fsp3) is 0.676. The van der Waals surface area contributed by atoms with Crippen LogP contribution < -0.4 is 0 Å². The number of hydrogen-bond acceptors (Lipinski definition) is 5. The average molecular weight is 659 g/mol. The molecular weight excluding hydrogens is 597 g/mol. The third-order valence-electron chi connectivity index (χ3n) is 10.1. The summed E-state index contributed by atoms with van der Waals surface area (Å²) in [6, 6.07) is 8.57. The number of carbonyl (C=O) groups is 2. The first-order valence-electron chi connectivity index (χ1n) is 16.8. The molecule has 1 saturated carbocycles. The minimum atomic E-state index is -2.12. The Labute approximate surface area is 276 Å². The third-order valence-corrected chi connectivity index (χ3v) is 19.1. The summed E-state index contributed by atoms with van der Waals surface area (Å²) in [6.45, 7) is 23.2. The zero-order valence-electron chi connectivity index (χ0n) is 30.1. The van der Waals surface area contributed by atoms with Crippen molar-refractivity contribution in [2.24, 2.45) is 11.8 Å². The van der Waals surface area contributed by atoms with E-state index in [1.165, 1.54) is 11.1 Å². The molecule has 1 aliphatic rings. The van der Waals surface area contributed by atoms with Crippen molar-refractivity contribution in [3.05, 3.63) is 59.7 Å². The maximum absolute atomic E-state index is 13.5. The van der Waals surface area contributed by atoms with Gasteiger partial charge in [0.2, 0.25) is 0 Å². The molecule has 0 heterocycles. The fourth-order valence-electron chi connectivity index (χ4n) is 5.27. The van der Waals surface area contributed by atoms with Crippen LogP contribution in [0.2, 0.25) is 36.3 Å². The Morgan fingerprint density at radius 3 is 2.27 bits per heavy atom. The first-order valence-corrected chi connectivity index (χ1v) is 22.6. The normalized spacial score (nSPS) is 20.9. The molecule has 0 unspecified atom stereocenters. The number of benzene rings is 1. The number of aliphatic carboxylic acids is 1. The molecule has 8 heteroatoms. The van der Waals surface area contributed by atoms with E-state index in [9.17, 15) is 9.59 Å². The van der Waals surface area contributed by atoms with Gasteiger partial charge in [0.25, 0.3) is 0 Å². The number of hydrogen-bond donors (Lipinski definition) is 1. The van der Waals surface area contributed by atoms with Gasteiger partial charge in [-0.3, -0.25) is 9.59 Å². The summed E-state index contributed by atoms with van der Waals surface area (Å²) in [5.41, 5.74) is 2.43. The van der Waals surface area contributed by atoms with Crippen molar-refractivity contribution in [2.75, 3.05) is 7.11 Å². The minimum absolute atomic E-state index is 0.0363. The number of rotatable bonds is 17. The SMILES string of the molecule is COCc1cccc(CC[C@@H](C=C[C@H]2[C@H](O[Si](C)(C)C(C)(C)C)CC(=O)[C@@H]2CC=CCCCC(=O)O)O[Si](C)(C)C(C)(C)C)c1. The molecule has 1 fully saturated rings. The Bertz CT molecular complexity index is 1160. The second-order valence-electron chi connectivity index (χ2n) is 15.9.